The molecular formula is C19H12NO2+. The molecule has 104 valence electrons. The van der Waals surface area contributed by atoms with Crippen molar-refractivity contribution in [3.05, 3.63) is 83.1 Å². The summed E-state index contributed by atoms with van der Waals surface area (Å²) in [4.78, 5) is 25.1. The molecule has 0 bridgehead atoms. The predicted molar refractivity (Wildman–Crippen MR) is 84.6 cm³/mol. The number of fused-ring (bicyclic) bond motifs is 2. The van der Waals surface area contributed by atoms with E-state index in [1.165, 1.54) is 6.08 Å². The van der Waals surface area contributed by atoms with Crippen molar-refractivity contribution in [1.82, 2.24) is 0 Å². The zero-order valence-electron chi connectivity index (χ0n) is 11.7. The lowest BCUT2D eigenvalue weighted by molar-refractivity contribution is -0.344. The largest absolute Gasteiger partial charge is 0.289 e. The summed E-state index contributed by atoms with van der Waals surface area (Å²) in [5.41, 5.74) is 3.96. The minimum absolute atomic E-state index is 0.119. The highest BCUT2D eigenvalue weighted by Crippen LogP contribution is 2.39. The van der Waals surface area contributed by atoms with Gasteiger partial charge in [-0.2, -0.15) is 4.58 Å². The van der Waals surface area contributed by atoms with Crippen LogP contribution in [0.2, 0.25) is 0 Å². The zero-order valence-corrected chi connectivity index (χ0v) is 11.7. The van der Waals surface area contributed by atoms with Gasteiger partial charge in [0.25, 0.3) is 0 Å². The fraction of sp³-hybridized carbons (Fsp3) is 0. The first-order valence-electron chi connectivity index (χ1n) is 6.98. The van der Waals surface area contributed by atoms with Crippen LogP contribution in [-0.2, 0) is 0 Å². The summed E-state index contributed by atoms with van der Waals surface area (Å²) in [6.45, 7) is 3.95. The van der Waals surface area contributed by atoms with Crippen LogP contribution in [0, 0.1) is 0 Å². The Kier molecular flexibility index (Phi) is 2.57. The Morgan fingerprint density at radius 1 is 0.773 bits per heavy atom. The number of allylic oxidation sites excluding steroid dienone is 3. The molecule has 0 spiro atoms. The first kappa shape index (κ1) is 12.7. The van der Waals surface area contributed by atoms with E-state index in [0.717, 1.165) is 16.8 Å². The molecule has 2 aromatic rings. The van der Waals surface area contributed by atoms with Crippen molar-refractivity contribution in [3.63, 3.8) is 0 Å². The van der Waals surface area contributed by atoms with Gasteiger partial charge in [-0.1, -0.05) is 36.4 Å². The third-order valence-corrected chi connectivity index (χ3v) is 4.04. The van der Waals surface area contributed by atoms with E-state index in [-0.39, 0.29) is 11.6 Å². The molecule has 0 N–H and O–H groups in total. The molecule has 2 aromatic carbocycles. The smallest absolute Gasteiger partial charge is 0.218 e. The van der Waals surface area contributed by atoms with Gasteiger partial charge in [-0.3, -0.25) is 9.59 Å². The summed E-state index contributed by atoms with van der Waals surface area (Å²) in [7, 11) is 0. The van der Waals surface area contributed by atoms with Crippen molar-refractivity contribution in [1.29, 1.82) is 0 Å². The number of hydrogen-bond acceptors (Lipinski definition) is 2. The molecule has 3 nitrogen and oxygen atoms in total. The average molecular weight is 286 g/mol. The second-order valence-electron chi connectivity index (χ2n) is 5.33. The SMILES string of the molecule is C=[N+]1C=C(C2=CC(=O)c3ccccc3C2=O)c2ccccc21. The Morgan fingerprint density at radius 3 is 2.18 bits per heavy atom. The highest BCUT2D eigenvalue weighted by Gasteiger charge is 2.33. The van der Waals surface area contributed by atoms with E-state index in [4.69, 9.17) is 0 Å². The summed E-state index contributed by atoms with van der Waals surface area (Å²) < 4.78 is 1.73. The molecule has 1 aliphatic carbocycles. The van der Waals surface area contributed by atoms with Crippen LogP contribution in [0.5, 0.6) is 0 Å². The van der Waals surface area contributed by atoms with E-state index in [2.05, 4.69) is 6.72 Å². The normalized spacial score (nSPS) is 16.1. The summed E-state index contributed by atoms with van der Waals surface area (Å²) in [5, 5.41) is 0. The molecule has 0 saturated heterocycles. The van der Waals surface area contributed by atoms with Gasteiger partial charge >= 0.3 is 0 Å². The number of carbonyl (C=O) groups is 2. The lowest BCUT2D eigenvalue weighted by Gasteiger charge is -2.14. The van der Waals surface area contributed by atoms with Crippen molar-refractivity contribution < 1.29 is 14.2 Å². The molecule has 0 aromatic heterocycles. The van der Waals surface area contributed by atoms with Crippen molar-refractivity contribution in [2.75, 3.05) is 0 Å². The summed E-state index contributed by atoms with van der Waals surface area (Å²) in [5.74, 6) is -0.252. The van der Waals surface area contributed by atoms with Crippen molar-refractivity contribution in [3.8, 4) is 0 Å². The van der Waals surface area contributed by atoms with Crippen LogP contribution in [0.1, 0.15) is 26.3 Å². The van der Waals surface area contributed by atoms with Crippen LogP contribution >= 0.6 is 0 Å². The predicted octanol–water partition coefficient (Wildman–Crippen LogP) is 3.39. The van der Waals surface area contributed by atoms with E-state index in [9.17, 15) is 9.59 Å². The number of carbonyl (C=O) groups excluding carboxylic acids is 2. The van der Waals surface area contributed by atoms with E-state index in [1.807, 2.05) is 24.3 Å². The maximum absolute atomic E-state index is 12.8. The second kappa shape index (κ2) is 4.46. The van der Waals surface area contributed by atoms with Gasteiger partial charge < -0.3 is 0 Å². The van der Waals surface area contributed by atoms with Gasteiger partial charge in [0.1, 0.15) is 6.72 Å². The number of hydrogen-bond donors (Lipinski definition) is 0. The van der Waals surface area contributed by atoms with Gasteiger partial charge in [0, 0.05) is 22.8 Å². The molecule has 22 heavy (non-hydrogen) atoms. The number of Topliss-reactive ketones (excluding diaryl/α,β-unsaturated/α-hetero) is 1. The van der Waals surface area contributed by atoms with Crippen LogP contribution in [0.15, 0.2) is 66.4 Å². The standard InChI is InChI=1S/C19H12NO2/c1-20-11-16(12-6-4-5-9-17(12)20)15-10-18(21)13-7-2-3-8-14(13)19(15)22/h2-11H,1H2/q+1. The topological polar surface area (TPSA) is 37.1 Å². The molecule has 1 aliphatic heterocycles. The Bertz CT molecular complexity index is 932. The maximum atomic E-state index is 12.8. The molecule has 2 aliphatic rings. The zero-order chi connectivity index (χ0) is 15.3. The molecule has 0 amide bonds. The first-order valence-corrected chi connectivity index (χ1v) is 6.98. The molecule has 3 heteroatoms. The first-order chi connectivity index (χ1) is 10.7. The monoisotopic (exact) mass is 286 g/mol. The average Bonchev–Trinajstić information content (AvgIpc) is 2.88. The highest BCUT2D eigenvalue weighted by atomic mass is 16.1. The minimum atomic E-state index is -0.133. The van der Waals surface area contributed by atoms with E-state index in [0.29, 0.717) is 16.7 Å². The number of benzene rings is 2. The van der Waals surface area contributed by atoms with Gasteiger partial charge in [0.05, 0.1) is 11.1 Å². The van der Waals surface area contributed by atoms with Crippen LogP contribution in [0.4, 0.5) is 5.69 Å². The number of rotatable bonds is 1. The van der Waals surface area contributed by atoms with E-state index >= 15 is 0 Å². The molecule has 1 heterocycles. The molecule has 4 rings (SSSR count). The van der Waals surface area contributed by atoms with Crippen molar-refractivity contribution in [2.45, 2.75) is 0 Å². The lowest BCUT2D eigenvalue weighted by Crippen LogP contribution is -2.17. The quantitative estimate of drug-likeness (QED) is 0.753. The third kappa shape index (κ3) is 1.66. The second-order valence-corrected chi connectivity index (χ2v) is 5.33. The summed E-state index contributed by atoms with van der Waals surface area (Å²) in [6.07, 6.45) is 3.24. The molecule has 0 atom stereocenters. The van der Waals surface area contributed by atoms with Gasteiger partial charge in [-0.25, -0.2) is 0 Å². The number of nitrogens with zero attached hydrogens (tertiary/aromatic N) is 1. The Balaban J connectivity index is 1.90. The van der Waals surface area contributed by atoms with Crippen molar-refractivity contribution >= 4 is 29.5 Å². The van der Waals surface area contributed by atoms with Gasteiger partial charge in [0.2, 0.25) is 5.69 Å². The molecular weight excluding hydrogens is 274 g/mol. The number of para-hydroxylation sites is 1. The van der Waals surface area contributed by atoms with Crippen LogP contribution < -0.4 is 0 Å². The van der Waals surface area contributed by atoms with Crippen LogP contribution in [0.25, 0.3) is 5.57 Å². The third-order valence-electron chi connectivity index (χ3n) is 4.04. The van der Waals surface area contributed by atoms with Crippen LogP contribution in [0.3, 0.4) is 0 Å². The highest BCUT2D eigenvalue weighted by molar-refractivity contribution is 6.30. The number of ketones is 2. The van der Waals surface area contributed by atoms with E-state index < -0.39 is 0 Å². The summed E-state index contributed by atoms with van der Waals surface area (Å²) in [6, 6.07) is 14.6. The Morgan fingerprint density at radius 2 is 1.41 bits per heavy atom. The minimum Gasteiger partial charge on any atom is -0.289 e. The van der Waals surface area contributed by atoms with Gasteiger partial charge in [0.15, 0.2) is 17.8 Å². The maximum Gasteiger partial charge on any atom is 0.218 e. The Labute approximate surface area is 127 Å². The van der Waals surface area contributed by atoms with Crippen molar-refractivity contribution in [2.24, 2.45) is 0 Å². The van der Waals surface area contributed by atoms with Gasteiger partial charge in [-0.05, 0) is 12.1 Å². The fourth-order valence-electron chi connectivity index (χ4n) is 2.98. The fourth-order valence-corrected chi connectivity index (χ4v) is 2.98. The van der Waals surface area contributed by atoms with Gasteiger partial charge in [-0.15, -0.1) is 0 Å². The van der Waals surface area contributed by atoms with E-state index in [1.54, 1.807) is 35.0 Å². The summed E-state index contributed by atoms with van der Waals surface area (Å²) >= 11 is 0. The lowest BCUT2D eigenvalue weighted by atomic mass is 9.84. The van der Waals surface area contributed by atoms with Crippen LogP contribution in [-0.4, -0.2) is 22.9 Å². The molecule has 0 unspecified atom stereocenters. The molecule has 0 saturated carbocycles. The molecule has 0 fully saturated rings. The Hall–Kier alpha value is -3.07. The molecule has 0 radical (unpaired) electrons.